The minimum absolute atomic E-state index is 0.493. The molecule has 1 rings (SSSR count). The number of hydrazone groups is 1. The third-order valence-electron chi connectivity index (χ3n) is 2.54. The van der Waals surface area contributed by atoms with E-state index in [1.807, 2.05) is 38.1 Å². The van der Waals surface area contributed by atoms with Gasteiger partial charge in [-0.1, -0.05) is 29.8 Å². The van der Waals surface area contributed by atoms with Crippen molar-refractivity contribution in [2.45, 2.75) is 20.3 Å². The zero-order valence-corrected chi connectivity index (χ0v) is 13.4. The van der Waals surface area contributed by atoms with Crippen molar-refractivity contribution in [1.29, 1.82) is 0 Å². The first kappa shape index (κ1) is 16.9. The van der Waals surface area contributed by atoms with Gasteiger partial charge in [-0.25, -0.2) is 0 Å². The zero-order valence-electron chi connectivity index (χ0n) is 11.8. The van der Waals surface area contributed by atoms with Crippen LogP contribution in [0, 0.1) is 0 Å². The minimum Gasteiger partial charge on any atom is -0.382 e. The summed E-state index contributed by atoms with van der Waals surface area (Å²) in [6, 6.07) is 7.56. The van der Waals surface area contributed by atoms with Gasteiger partial charge in [0, 0.05) is 30.3 Å². The topological polar surface area (TPSA) is 45.6 Å². The smallest absolute Gasteiger partial charge is 0.186 e. The largest absolute Gasteiger partial charge is 0.382 e. The van der Waals surface area contributed by atoms with Crippen molar-refractivity contribution < 1.29 is 4.74 Å². The van der Waals surface area contributed by atoms with Gasteiger partial charge in [0.25, 0.3) is 0 Å². The normalized spacial score (nSPS) is 11.2. The molecule has 0 heterocycles. The number of benzene rings is 1. The summed E-state index contributed by atoms with van der Waals surface area (Å²) in [5.74, 6) is 0. The maximum atomic E-state index is 6.10. The van der Waals surface area contributed by atoms with Crippen LogP contribution in [0.4, 0.5) is 0 Å². The Morgan fingerprint density at radius 1 is 1.40 bits per heavy atom. The van der Waals surface area contributed by atoms with Gasteiger partial charge in [0.2, 0.25) is 0 Å². The lowest BCUT2D eigenvalue weighted by Crippen LogP contribution is -2.33. The zero-order chi connectivity index (χ0) is 14.8. The van der Waals surface area contributed by atoms with E-state index in [0.717, 1.165) is 37.5 Å². The summed E-state index contributed by atoms with van der Waals surface area (Å²) in [7, 11) is 0. The molecule has 0 aliphatic rings. The Hall–Kier alpha value is -1.17. The van der Waals surface area contributed by atoms with E-state index >= 15 is 0 Å². The maximum absolute atomic E-state index is 6.10. The van der Waals surface area contributed by atoms with Crippen molar-refractivity contribution >= 4 is 34.6 Å². The van der Waals surface area contributed by atoms with Crippen molar-refractivity contribution in [3.8, 4) is 0 Å². The highest BCUT2D eigenvalue weighted by Gasteiger charge is 2.02. The van der Waals surface area contributed by atoms with Crippen LogP contribution in [0.3, 0.4) is 0 Å². The Bertz CT molecular complexity index is 465. The predicted molar refractivity (Wildman–Crippen MR) is 88.5 cm³/mol. The number of thiocarbonyl (C=S) groups is 1. The van der Waals surface area contributed by atoms with Crippen LogP contribution in [0.1, 0.15) is 25.8 Å². The average Bonchev–Trinajstić information content (AvgIpc) is 2.45. The van der Waals surface area contributed by atoms with Crippen LogP contribution in [-0.2, 0) is 4.74 Å². The molecule has 1 aromatic rings. The van der Waals surface area contributed by atoms with E-state index in [4.69, 9.17) is 28.6 Å². The molecule has 0 aliphatic heterocycles. The van der Waals surface area contributed by atoms with Crippen LogP contribution in [0.2, 0.25) is 5.02 Å². The summed E-state index contributed by atoms with van der Waals surface area (Å²) in [6.07, 6.45) is 0.906. The van der Waals surface area contributed by atoms with Gasteiger partial charge >= 0.3 is 0 Å². The number of rotatable bonds is 7. The summed E-state index contributed by atoms with van der Waals surface area (Å²) in [5, 5.41) is 8.45. The van der Waals surface area contributed by atoms with Gasteiger partial charge in [-0.05, 0) is 38.6 Å². The molecule has 0 bridgehead atoms. The molecule has 0 saturated carbocycles. The molecule has 0 fully saturated rings. The quantitative estimate of drug-likeness (QED) is 0.352. The Kier molecular flexibility index (Phi) is 8.18. The number of halogens is 1. The van der Waals surface area contributed by atoms with Crippen LogP contribution in [-0.4, -0.2) is 30.6 Å². The molecule has 6 heteroatoms. The van der Waals surface area contributed by atoms with Gasteiger partial charge in [-0.3, -0.25) is 5.43 Å². The van der Waals surface area contributed by atoms with Gasteiger partial charge in [0.05, 0.1) is 5.71 Å². The lowest BCUT2D eigenvalue weighted by molar-refractivity contribution is 0.145. The molecule has 0 saturated heterocycles. The van der Waals surface area contributed by atoms with E-state index in [2.05, 4.69) is 15.8 Å². The summed E-state index contributed by atoms with van der Waals surface area (Å²) in [6.45, 7) is 6.09. The lowest BCUT2D eigenvalue weighted by Gasteiger charge is -2.08. The van der Waals surface area contributed by atoms with E-state index in [9.17, 15) is 0 Å². The summed E-state index contributed by atoms with van der Waals surface area (Å²) < 4.78 is 5.24. The van der Waals surface area contributed by atoms with E-state index < -0.39 is 0 Å². The van der Waals surface area contributed by atoms with Crippen LogP contribution in [0.25, 0.3) is 0 Å². The fourth-order valence-corrected chi connectivity index (χ4v) is 1.93. The van der Waals surface area contributed by atoms with Crippen molar-refractivity contribution in [2.24, 2.45) is 5.10 Å². The SMILES string of the molecule is CCOCCCNC(=S)N/N=C(/C)c1ccccc1Cl. The van der Waals surface area contributed by atoms with E-state index in [-0.39, 0.29) is 0 Å². The molecular formula is C14H20ClN3OS. The molecule has 1 aromatic carbocycles. The van der Waals surface area contributed by atoms with Crippen molar-refractivity contribution in [3.05, 3.63) is 34.9 Å². The molecule has 0 unspecified atom stereocenters. The highest BCUT2D eigenvalue weighted by atomic mass is 35.5. The highest BCUT2D eigenvalue weighted by Crippen LogP contribution is 2.15. The van der Waals surface area contributed by atoms with Crippen LogP contribution < -0.4 is 10.7 Å². The first-order chi connectivity index (χ1) is 9.65. The van der Waals surface area contributed by atoms with E-state index in [1.54, 1.807) is 0 Å². The second-order valence-electron chi connectivity index (χ2n) is 4.10. The number of hydrogen-bond donors (Lipinski definition) is 2. The summed E-state index contributed by atoms with van der Waals surface area (Å²) in [5.41, 5.74) is 4.48. The minimum atomic E-state index is 0.493. The number of ether oxygens (including phenoxy) is 1. The predicted octanol–water partition coefficient (Wildman–Crippen LogP) is 2.95. The number of nitrogens with zero attached hydrogens (tertiary/aromatic N) is 1. The van der Waals surface area contributed by atoms with Gasteiger partial charge in [0.15, 0.2) is 5.11 Å². The summed E-state index contributed by atoms with van der Waals surface area (Å²) >= 11 is 11.2. The molecule has 4 nitrogen and oxygen atoms in total. The van der Waals surface area contributed by atoms with Crippen LogP contribution in [0.5, 0.6) is 0 Å². The van der Waals surface area contributed by atoms with Gasteiger partial charge in [0.1, 0.15) is 0 Å². The van der Waals surface area contributed by atoms with Gasteiger partial charge in [-0.2, -0.15) is 5.10 Å². The standard InChI is InChI=1S/C14H20ClN3OS/c1-3-19-10-6-9-16-14(20)18-17-11(2)12-7-4-5-8-13(12)15/h4-5,7-8H,3,6,9-10H2,1-2H3,(H2,16,18,20)/b17-11-. The van der Waals surface area contributed by atoms with E-state index in [1.165, 1.54) is 0 Å². The molecule has 0 radical (unpaired) electrons. The fourth-order valence-electron chi connectivity index (χ4n) is 1.51. The second-order valence-corrected chi connectivity index (χ2v) is 4.91. The first-order valence-electron chi connectivity index (χ1n) is 6.56. The third-order valence-corrected chi connectivity index (χ3v) is 3.11. The molecule has 20 heavy (non-hydrogen) atoms. The van der Waals surface area contributed by atoms with Gasteiger partial charge in [-0.15, -0.1) is 0 Å². The molecule has 0 amide bonds. The fraction of sp³-hybridized carbons (Fsp3) is 0.429. The highest BCUT2D eigenvalue weighted by molar-refractivity contribution is 7.80. The first-order valence-corrected chi connectivity index (χ1v) is 7.34. The molecule has 0 aromatic heterocycles. The van der Waals surface area contributed by atoms with Crippen molar-refractivity contribution in [1.82, 2.24) is 10.7 Å². The Morgan fingerprint density at radius 2 is 2.15 bits per heavy atom. The van der Waals surface area contributed by atoms with E-state index in [0.29, 0.717) is 10.1 Å². The number of nitrogens with one attached hydrogen (secondary N) is 2. The second kappa shape index (κ2) is 9.69. The van der Waals surface area contributed by atoms with Crippen LogP contribution >= 0.6 is 23.8 Å². The van der Waals surface area contributed by atoms with Gasteiger partial charge < -0.3 is 10.1 Å². The molecule has 110 valence electrons. The average molecular weight is 314 g/mol. The Labute approximate surface area is 130 Å². The molecule has 0 atom stereocenters. The molecule has 2 N–H and O–H groups in total. The van der Waals surface area contributed by atoms with Crippen LogP contribution in [0.15, 0.2) is 29.4 Å². The molecular weight excluding hydrogens is 294 g/mol. The Balaban J connectivity index is 2.36. The van der Waals surface area contributed by atoms with Crippen molar-refractivity contribution in [3.63, 3.8) is 0 Å². The molecule has 0 aliphatic carbocycles. The monoisotopic (exact) mass is 313 g/mol. The Morgan fingerprint density at radius 3 is 2.85 bits per heavy atom. The van der Waals surface area contributed by atoms with Crippen molar-refractivity contribution in [2.75, 3.05) is 19.8 Å². The third kappa shape index (κ3) is 6.32. The lowest BCUT2D eigenvalue weighted by atomic mass is 10.1. The summed E-state index contributed by atoms with van der Waals surface area (Å²) in [4.78, 5) is 0. The number of hydrogen-bond acceptors (Lipinski definition) is 3. The molecule has 0 spiro atoms. The maximum Gasteiger partial charge on any atom is 0.186 e.